The van der Waals surface area contributed by atoms with Gasteiger partial charge in [0.1, 0.15) is 17.3 Å². The van der Waals surface area contributed by atoms with E-state index in [9.17, 15) is 4.39 Å². The van der Waals surface area contributed by atoms with Crippen LogP contribution in [0.1, 0.15) is 30.8 Å². The lowest BCUT2D eigenvalue weighted by molar-refractivity contribution is 0.467. The standard InChI is InChI=1S/C14H15FN2O/c1-9-7-11(9)12-6-5-10(18-12)8-16-14-4-2-3-13(15)17-14/h2-6,9,11H,7-8H2,1H3,(H,16,17). The highest BCUT2D eigenvalue weighted by Crippen LogP contribution is 2.47. The molecule has 0 spiro atoms. The molecule has 3 rings (SSSR count). The second-order valence-electron chi connectivity index (χ2n) is 4.82. The van der Waals surface area contributed by atoms with Gasteiger partial charge in [-0.25, -0.2) is 4.98 Å². The highest BCUT2D eigenvalue weighted by atomic mass is 19.1. The molecule has 0 aromatic carbocycles. The van der Waals surface area contributed by atoms with Crippen LogP contribution in [-0.4, -0.2) is 4.98 Å². The third-order valence-electron chi connectivity index (χ3n) is 3.32. The van der Waals surface area contributed by atoms with Crippen LogP contribution in [-0.2, 0) is 6.54 Å². The van der Waals surface area contributed by atoms with Gasteiger partial charge in [-0.2, -0.15) is 4.39 Å². The minimum absolute atomic E-state index is 0.480. The van der Waals surface area contributed by atoms with Crippen molar-refractivity contribution in [2.75, 3.05) is 5.32 Å². The summed E-state index contributed by atoms with van der Waals surface area (Å²) < 4.78 is 18.6. The topological polar surface area (TPSA) is 38.1 Å². The number of hydrogen-bond acceptors (Lipinski definition) is 3. The van der Waals surface area contributed by atoms with Crippen molar-refractivity contribution in [1.29, 1.82) is 0 Å². The number of rotatable bonds is 4. The molecule has 0 bridgehead atoms. The summed E-state index contributed by atoms with van der Waals surface area (Å²) >= 11 is 0. The lowest BCUT2D eigenvalue weighted by Gasteiger charge is -2.02. The van der Waals surface area contributed by atoms with Gasteiger partial charge in [-0.3, -0.25) is 0 Å². The van der Waals surface area contributed by atoms with Crippen LogP contribution in [0.15, 0.2) is 34.7 Å². The van der Waals surface area contributed by atoms with Gasteiger partial charge >= 0.3 is 0 Å². The largest absolute Gasteiger partial charge is 0.464 e. The van der Waals surface area contributed by atoms with Crippen molar-refractivity contribution in [3.05, 3.63) is 47.8 Å². The average Bonchev–Trinajstić information content (AvgIpc) is 2.91. The minimum Gasteiger partial charge on any atom is -0.464 e. The summed E-state index contributed by atoms with van der Waals surface area (Å²) in [5, 5.41) is 3.04. The lowest BCUT2D eigenvalue weighted by atomic mass is 10.3. The molecule has 2 aromatic heterocycles. The van der Waals surface area contributed by atoms with E-state index in [2.05, 4.69) is 17.2 Å². The maximum atomic E-state index is 12.9. The quantitative estimate of drug-likeness (QED) is 0.838. The van der Waals surface area contributed by atoms with Gasteiger partial charge in [0.05, 0.1) is 6.54 Å². The zero-order valence-corrected chi connectivity index (χ0v) is 10.2. The van der Waals surface area contributed by atoms with Crippen LogP contribution in [0.25, 0.3) is 0 Å². The number of anilines is 1. The summed E-state index contributed by atoms with van der Waals surface area (Å²) in [4.78, 5) is 3.74. The van der Waals surface area contributed by atoms with Gasteiger partial charge in [0.2, 0.25) is 5.95 Å². The SMILES string of the molecule is CC1CC1c1ccc(CNc2cccc(F)n2)o1. The first-order valence-electron chi connectivity index (χ1n) is 6.17. The third-order valence-corrected chi connectivity index (χ3v) is 3.32. The van der Waals surface area contributed by atoms with Crippen molar-refractivity contribution in [2.45, 2.75) is 25.8 Å². The molecule has 4 heteroatoms. The Morgan fingerprint density at radius 1 is 1.39 bits per heavy atom. The van der Waals surface area contributed by atoms with Gasteiger partial charge in [0, 0.05) is 5.92 Å². The number of halogens is 1. The molecule has 1 fully saturated rings. The molecule has 0 aliphatic heterocycles. The van der Waals surface area contributed by atoms with Gasteiger partial charge < -0.3 is 9.73 Å². The van der Waals surface area contributed by atoms with Gasteiger partial charge in [-0.1, -0.05) is 13.0 Å². The Kier molecular flexibility index (Phi) is 2.78. The molecule has 2 aromatic rings. The molecule has 0 radical (unpaired) electrons. The van der Waals surface area contributed by atoms with Crippen molar-refractivity contribution in [1.82, 2.24) is 4.98 Å². The molecule has 1 saturated carbocycles. The van der Waals surface area contributed by atoms with Gasteiger partial charge in [0.25, 0.3) is 0 Å². The normalized spacial score (nSPS) is 21.9. The summed E-state index contributed by atoms with van der Waals surface area (Å²) in [7, 11) is 0. The molecular formula is C14H15FN2O. The molecule has 2 atom stereocenters. The van der Waals surface area contributed by atoms with E-state index < -0.39 is 5.95 Å². The van der Waals surface area contributed by atoms with Crippen LogP contribution in [0, 0.1) is 11.9 Å². The zero-order valence-electron chi connectivity index (χ0n) is 10.2. The van der Waals surface area contributed by atoms with Crippen LogP contribution in [0.5, 0.6) is 0 Å². The fourth-order valence-corrected chi connectivity index (χ4v) is 2.09. The molecule has 0 amide bonds. The average molecular weight is 246 g/mol. The number of nitrogens with zero attached hydrogens (tertiary/aromatic N) is 1. The predicted octanol–water partition coefficient (Wildman–Crippen LogP) is 3.55. The van der Waals surface area contributed by atoms with Gasteiger partial charge in [-0.05, 0) is 36.6 Å². The maximum Gasteiger partial charge on any atom is 0.214 e. The molecule has 1 aliphatic rings. The van der Waals surface area contributed by atoms with Crippen molar-refractivity contribution < 1.29 is 8.81 Å². The van der Waals surface area contributed by atoms with Crippen LogP contribution in [0.3, 0.4) is 0 Å². The summed E-state index contributed by atoms with van der Waals surface area (Å²) in [6.07, 6.45) is 1.21. The molecule has 2 unspecified atom stereocenters. The van der Waals surface area contributed by atoms with Crippen molar-refractivity contribution in [3.8, 4) is 0 Å². The van der Waals surface area contributed by atoms with E-state index in [-0.39, 0.29) is 0 Å². The van der Waals surface area contributed by atoms with E-state index in [1.165, 1.54) is 12.5 Å². The molecule has 18 heavy (non-hydrogen) atoms. The fraction of sp³-hybridized carbons (Fsp3) is 0.357. The fourth-order valence-electron chi connectivity index (χ4n) is 2.09. The van der Waals surface area contributed by atoms with E-state index in [4.69, 9.17) is 4.42 Å². The summed E-state index contributed by atoms with van der Waals surface area (Å²) in [6, 6.07) is 8.68. The number of furan rings is 1. The first kappa shape index (κ1) is 11.3. The number of nitrogens with one attached hydrogen (secondary N) is 1. The Balaban J connectivity index is 1.61. The minimum atomic E-state index is -0.480. The smallest absolute Gasteiger partial charge is 0.214 e. The Bertz CT molecular complexity index is 552. The van der Waals surface area contributed by atoms with E-state index in [0.29, 0.717) is 18.3 Å². The second-order valence-corrected chi connectivity index (χ2v) is 4.82. The first-order valence-corrected chi connectivity index (χ1v) is 6.17. The van der Waals surface area contributed by atoms with Crippen LogP contribution in [0.2, 0.25) is 0 Å². The number of hydrogen-bond donors (Lipinski definition) is 1. The molecule has 2 heterocycles. The maximum absolute atomic E-state index is 12.9. The van der Waals surface area contributed by atoms with E-state index in [1.54, 1.807) is 12.1 Å². The third kappa shape index (κ3) is 2.37. The summed E-state index contributed by atoms with van der Waals surface area (Å²) in [5.74, 6) is 3.29. The summed E-state index contributed by atoms with van der Waals surface area (Å²) in [5.41, 5.74) is 0. The Labute approximate surface area is 105 Å². The molecule has 3 nitrogen and oxygen atoms in total. The zero-order chi connectivity index (χ0) is 12.5. The Morgan fingerprint density at radius 3 is 2.94 bits per heavy atom. The molecule has 1 N–H and O–H groups in total. The van der Waals surface area contributed by atoms with Gasteiger partial charge in [0.15, 0.2) is 0 Å². The van der Waals surface area contributed by atoms with Crippen LogP contribution in [0.4, 0.5) is 10.2 Å². The Morgan fingerprint density at radius 2 is 2.22 bits per heavy atom. The number of aromatic nitrogens is 1. The van der Waals surface area contributed by atoms with E-state index in [0.717, 1.165) is 17.4 Å². The Hall–Kier alpha value is -1.84. The van der Waals surface area contributed by atoms with Crippen LogP contribution < -0.4 is 5.32 Å². The van der Waals surface area contributed by atoms with E-state index >= 15 is 0 Å². The van der Waals surface area contributed by atoms with Crippen molar-refractivity contribution in [3.63, 3.8) is 0 Å². The van der Waals surface area contributed by atoms with Gasteiger partial charge in [-0.15, -0.1) is 0 Å². The molecular weight excluding hydrogens is 231 g/mol. The van der Waals surface area contributed by atoms with Crippen molar-refractivity contribution in [2.24, 2.45) is 5.92 Å². The molecule has 0 saturated heterocycles. The highest BCUT2D eigenvalue weighted by molar-refractivity contribution is 5.34. The van der Waals surface area contributed by atoms with Crippen LogP contribution >= 0.6 is 0 Å². The molecule has 1 aliphatic carbocycles. The monoisotopic (exact) mass is 246 g/mol. The van der Waals surface area contributed by atoms with Crippen molar-refractivity contribution >= 4 is 5.82 Å². The summed E-state index contributed by atoms with van der Waals surface area (Å²) in [6.45, 7) is 2.75. The van der Waals surface area contributed by atoms with E-state index in [1.807, 2.05) is 12.1 Å². The highest BCUT2D eigenvalue weighted by Gasteiger charge is 2.36. The number of pyridine rings is 1. The molecule has 94 valence electrons. The second kappa shape index (κ2) is 4.44. The first-order chi connectivity index (χ1) is 8.72. The predicted molar refractivity (Wildman–Crippen MR) is 66.8 cm³/mol. The lowest BCUT2D eigenvalue weighted by Crippen LogP contribution is -2.00.